The smallest absolute Gasteiger partial charge is 0.213 e. The van der Waals surface area contributed by atoms with Crippen molar-refractivity contribution in [3.63, 3.8) is 0 Å². The molecule has 0 saturated carbocycles. The second kappa shape index (κ2) is 14.8. The van der Waals surface area contributed by atoms with Crippen LogP contribution in [0, 0.1) is 0 Å². The first-order valence-electron chi connectivity index (χ1n) is 9.25. The van der Waals surface area contributed by atoms with Crippen LogP contribution in [0.1, 0.15) is 76.0 Å². The molecule has 23 heavy (non-hydrogen) atoms. The number of rotatable bonds is 9. The molecule has 0 nitrogen and oxygen atoms in total. The Morgan fingerprint density at radius 2 is 1.61 bits per heavy atom. The number of unbranched alkanes of at least 4 members (excludes halogenated alkanes) is 3. The van der Waals surface area contributed by atoms with Gasteiger partial charge in [0.25, 0.3) is 0 Å². The molecule has 0 aliphatic heterocycles. The van der Waals surface area contributed by atoms with Crippen LogP contribution in [0.5, 0.6) is 0 Å². The van der Waals surface area contributed by atoms with Crippen LogP contribution in [0.3, 0.4) is 0 Å². The Bertz CT molecular complexity index is 428. The van der Waals surface area contributed by atoms with Crippen LogP contribution in [0.2, 0.25) is 0 Å². The van der Waals surface area contributed by atoms with E-state index in [1.165, 1.54) is 74.5 Å². The summed E-state index contributed by atoms with van der Waals surface area (Å²) < 4.78 is 0. The number of hydrogen-bond donors (Lipinski definition) is 0. The zero-order chi connectivity index (χ0) is 16.0. The van der Waals surface area contributed by atoms with E-state index in [0.717, 1.165) is 0 Å². The van der Waals surface area contributed by atoms with E-state index < -0.39 is 0 Å². The second-order valence-electron chi connectivity index (χ2n) is 6.23. The fraction of sp³-hybridized carbons (Fsp3) is 0.545. The normalized spacial score (nSPS) is 9.87. The maximum absolute atomic E-state index is 2.38. The van der Waals surface area contributed by atoms with E-state index >= 15 is 0 Å². The predicted molar refractivity (Wildman–Crippen MR) is 99.9 cm³/mol. The van der Waals surface area contributed by atoms with Gasteiger partial charge in [0.15, 0.2) is 0 Å². The molecule has 0 heterocycles. The fourth-order valence-electron chi connectivity index (χ4n) is 2.58. The van der Waals surface area contributed by atoms with E-state index in [0.29, 0.717) is 0 Å². The van der Waals surface area contributed by atoms with Gasteiger partial charge in [-0.1, -0.05) is 78.6 Å². The summed E-state index contributed by atoms with van der Waals surface area (Å²) in [4.78, 5) is 0. The molecule has 0 bridgehead atoms. The summed E-state index contributed by atoms with van der Waals surface area (Å²) in [5.74, 6) is 0. The Labute approximate surface area is 154 Å². The Hall–Kier alpha value is -0.781. The molecule has 2 aromatic rings. The van der Waals surface area contributed by atoms with Gasteiger partial charge in [-0.2, -0.15) is 41.0 Å². The van der Waals surface area contributed by atoms with Crippen LogP contribution in [0.15, 0.2) is 42.5 Å². The van der Waals surface area contributed by atoms with Gasteiger partial charge in [-0.25, -0.2) is 18.2 Å². The first kappa shape index (κ1) is 22.2. The van der Waals surface area contributed by atoms with Gasteiger partial charge >= 0.3 is 17.1 Å². The molecule has 0 fully saturated rings. The van der Waals surface area contributed by atoms with Crippen LogP contribution in [0.25, 0.3) is 0 Å². The van der Waals surface area contributed by atoms with Crippen molar-refractivity contribution in [1.29, 1.82) is 0 Å². The third-order valence-electron chi connectivity index (χ3n) is 4.07. The molecule has 0 aliphatic carbocycles. The molecule has 130 valence electrons. The van der Waals surface area contributed by atoms with Crippen molar-refractivity contribution in [3.8, 4) is 0 Å². The molecule has 0 aromatic heterocycles. The first-order valence-corrected chi connectivity index (χ1v) is 9.25. The van der Waals surface area contributed by atoms with E-state index in [-0.39, 0.29) is 17.1 Å². The Morgan fingerprint density at radius 1 is 0.913 bits per heavy atom. The number of hydrogen-bond acceptors (Lipinski definition) is 0. The Kier molecular flexibility index (Phi) is 14.3. The van der Waals surface area contributed by atoms with Crippen molar-refractivity contribution >= 4 is 0 Å². The summed E-state index contributed by atoms with van der Waals surface area (Å²) in [5, 5.41) is 0. The van der Waals surface area contributed by atoms with E-state index in [4.69, 9.17) is 0 Å². The van der Waals surface area contributed by atoms with Crippen molar-refractivity contribution in [3.05, 3.63) is 59.2 Å². The molecule has 0 N–H and O–H groups in total. The monoisotopic (exact) mass is 354 g/mol. The van der Waals surface area contributed by atoms with E-state index in [1.54, 1.807) is 0 Å². The quantitative estimate of drug-likeness (QED) is 0.342. The van der Waals surface area contributed by atoms with Gasteiger partial charge in [-0.05, 0) is 0 Å². The zero-order valence-corrected chi connectivity index (χ0v) is 16.4. The molecule has 0 spiro atoms. The van der Waals surface area contributed by atoms with Gasteiger partial charge in [-0.3, -0.25) is 0 Å². The van der Waals surface area contributed by atoms with Gasteiger partial charge in [-0.15, -0.1) is 0 Å². The minimum Gasteiger partial charge on any atom is -0.213 e. The van der Waals surface area contributed by atoms with Crippen LogP contribution < -0.4 is 0 Å². The molecular formula is C22H34Fe. The largest absolute Gasteiger partial charge is 2.00 e. The standard InChI is InChI=1S/C13H21.C9H13.Fe/c1-3-5-7-12-9-10-13(11-12)8-6-4-2;1-2-3-6-9-7-4-5-8-9;/h9-11H,3-8H2,1-2H3;4-5,7-8H,2-3,6H2,1H3;/q2*-1;+2. The predicted octanol–water partition coefficient (Wildman–Crippen LogP) is 6.84. The third-order valence-corrected chi connectivity index (χ3v) is 4.07. The summed E-state index contributed by atoms with van der Waals surface area (Å²) in [6.45, 7) is 6.73. The van der Waals surface area contributed by atoms with Crippen molar-refractivity contribution < 1.29 is 17.1 Å². The van der Waals surface area contributed by atoms with Crippen molar-refractivity contribution in [2.45, 2.75) is 78.6 Å². The summed E-state index contributed by atoms with van der Waals surface area (Å²) in [7, 11) is 0. The molecule has 0 saturated heterocycles. The number of aryl methyl sites for hydroxylation is 3. The van der Waals surface area contributed by atoms with Crippen molar-refractivity contribution in [2.75, 3.05) is 0 Å². The molecule has 1 heteroatoms. The van der Waals surface area contributed by atoms with E-state index in [9.17, 15) is 0 Å². The van der Waals surface area contributed by atoms with Crippen molar-refractivity contribution in [1.82, 2.24) is 0 Å². The molecule has 0 radical (unpaired) electrons. The summed E-state index contributed by atoms with van der Waals surface area (Å²) in [6, 6.07) is 15.5. The Balaban J connectivity index is 0.000000427. The minimum atomic E-state index is 0. The fourth-order valence-corrected chi connectivity index (χ4v) is 2.58. The van der Waals surface area contributed by atoms with Crippen LogP contribution >= 0.6 is 0 Å². The average molecular weight is 354 g/mol. The van der Waals surface area contributed by atoms with E-state index in [2.05, 4.69) is 63.2 Å². The van der Waals surface area contributed by atoms with Crippen LogP contribution in [0.4, 0.5) is 0 Å². The summed E-state index contributed by atoms with van der Waals surface area (Å²) in [6.07, 6.45) is 11.7. The maximum atomic E-state index is 2.38. The molecule has 2 aromatic carbocycles. The second-order valence-corrected chi connectivity index (χ2v) is 6.23. The average Bonchev–Trinajstić information content (AvgIpc) is 3.21. The summed E-state index contributed by atoms with van der Waals surface area (Å²) in [5.41, 5.74) is 4.55. The minimum absolute atomic E-state index is 0. The van der Waals surface area contributed by atoms with E-state index in [1.807, 2.05) is 0 Å². The maximum Gasteiger partial charge on any atom is 2.00 e. The topological polar surface area (TPSA) is 0 Å². The third kappa shape index (κ3) is 10.6. The summed E-state index contributed by atoms with van der Waals surface area (Å²) >= 11 is 0. The van der Waals surface area contributed by atoms with Gasteiger partial charge < -0.3 is 0 Å². The van der Waals surface area contributed by atoms with Crippen LogP contribution in [-0.4, -0.2) is 0 Å². The molecule has 0 aliphatic rings. The van der Waals surface area contributed by atoms with Crippen LogP contribution in [-0.2, 0) is 36.3 Å². The molecular weight excluding hydrogens is 320 g/mol. The van der Waals surface area contributed by atoms with Gasteiger partial charge in [0.1, 0.15) is 0 Å². The van der Waals surface area contributed by atoms with Gasteiger partial charge in [0.2, 0.25) is 0 Å². The van der Waals surface area contributed by atoms with Gasteiger partial charge in [0, 0.05) is 0 Å². The molecule has 2 rings (SSSR count). The zero-order valence-electron chi connectivity index (χ0n) is 15.3. The van der Waals surface area contributed by atoms with Crippen molar-refractivity contribution in [2.24, 2.45) is 0 Å². The first-order chi connectivity index (χ1) is 10.8. The SMILES string of the molecule is CCCCc1cc[c-](CCCC)c1.CCCCc1ccc[cH-]1.[Fe+2]. The molecule has 0 unspecified atom stereocenters. The Morgan fingerprint density at radius 3 is 2.22 bits per heavy atom. The van der Waals surface area contributed by atoms with Gasteiger partial charge in [0.05, 0.1) is 0 Å². The molecule has 0 amide bonds. The molecule has 0 atom stereocenters.